The first-order chi connectivity index (χ1) is 7.16. The SMILES string of the molecule is Cn1nnc(-c2ccc(C(=O)Cl)cc2)n1. The summed E-state index contributed by atoms with van der Waals surface area (Å²) in [4.78, 5) is 12.2. The highest BCUT2D eigenvalue weighted by Gasteiger charge is 2.05. The number of benzene rings is 1. The lowest BCUT2D eigenvalue weighted by Gasteiger charge is -1.95. The van der Waals surface area contributed by atoms with Crippen LogP contribution in [0.3, 0.4) is 0 Å². The lowest BCUT2D eigenvalue weighted by atomic mass is 10.1. The van der Waals surface area contributed by atoms with Crippen LogP contribution in [-0.4, -0.2) is 25.4 Å². The van der Waals surface area contributed by atoms with Crippen LogP contribution in [0.15, 0.2) is 24.3 Å². The van der Waals surface area contributed by atoms with Crippen molar-refractivity contribution >= 4 is 16.8 Å². The minimum atomic E-state index is -0.478. The van der Waals surface area contributed by atoms with Gasteiger partial charge in [0.1, 0.15) is 0 Å². The molecule has 0 saturated carbocycles. The van der Waals surface area contributed by atoms with Gasteiger partial charge in [0.15, 0.2) is 0 Å². The van der Waals surface area contributed by atoms with E-state index in [0.717, 1.165) is 5.56 Å². The molecule has 0 amide bonds. The fourth-order valence-corrected chi connectivity index (χ4v) is 1.28. The fraction of sp³-hybridized carbons (Fsp3) is 0.111. The first-order valence-electron chi connectivity index (χ1n) is 4.21. The summed E-state index contributed by atoms with van der Waals surface area (Å²) in [5.41, 5.74) is 1.24. The Morgan fingerprint density at radius 3 is 2.47 bits per heavy atom. The van der Waals surface area contributed by atoms with Gasteiger partial charge in [-0.3, -0.25) is 4.79 Å². The zero-order valence-electron chi connectivity index (χ0n) is 7.88. The molecule has 2 aromatic rings. The van der Waals surface area contributed by atoms with Crippen LogP contribution < -0.4 is 0 Å². The number of hydrogen-bond donors (Lipinski definition) is 0. The van der Waals surface area contributed by atoms with E-state index in [1.807, 2.05) is 0 Å². The number of halogens is 1. The van der Waals surface area contributed by atoms with Gasteiger partial charge in [0, 0.05) is 11.1 Å². The molecule has 5 nitrogen and oxygen atoms in total. The molecule has 1 heterocycles. The molecule has 1 aromatic heterocycles. The van der Waals surface area contributed by atoms with E-state index in [2.05, 4.69) is 15.4 Å². The Kier molecular flexibility index (Phi) is 2.47. The number of hydrogen-bond acceptors (Lipinski definition) is 4. The van der Waals surface area contributed by atoms with Crippen molar-refractivity contribution in [3.8, 4) is 11.4 Å². The summed E-state index contributed by atoms with van der Waals surface area (Å²) in [5.74, 6) is 0.520. The third-order valence-corrected chi connectivity index (χ3v) is 2.10. The van der Waals surface area contributed by atoms with E-state index in [1.54, 1.807) is 31.3 Å². The molecule has 0 aliphatic heterocycles. The molecule has 6 heteroatoms. The summed E-state index contributed by atoms with van der Waals surface area (Å²) >= 11 is 5.32. The quantitative estimate of drug-likeness (QED) is 0.718. The third kappa shape index (κ3) is 2.02. The summed E-state index contributed by atoms with van der Waals surface area (Å²) in [6.07, 6.45) is 0. The predicted molar refractivity (Wildman–Crippen MR) is 54.4 cm³/mol. The van der Waals surface area contributed by atoms with Gasteiger partial charge in [0.2, 0.25) is 5.82 Å². The van der Waals surface area contributed by atoms with Crippen LogP contribution in [0.2, 0.25) is 0 Å². The summed E-state index contributed by atoms with van der Waals surface area (Å²) in [7, 11) is 1.69. The number of aryl methyl sites for hydroxylation is 1. The van der Waals surface area contributed by atoms with Crippen LogP contribution in [0.5, 0.6) is 0 Å². The van der Waals surface area contributed by atoms with E-state index < -0.39 is 5.24 Å². The van der Waals surface area contributed by atoms with Crippen molar-refractivity contribution in [2.45, 2.75) is 0 Å². The van der Waals surface area contributed by atoms with E-state index >= 15 is 0 Å². The van der Waals surface area contributed by atoms with Crippen molar-refractivity contribution in [3.05, 3.63) is 29.8 Å². The molecule has 0 radical (unpaired) electrons. The molecule has 0 aliphatic carbocycles. The predicted octanol–water partition coefficient (Wildman–Crippen LogP) is 1.26. The van der Waals surface area contributed by atoms with Crippen molar-refractivity contribution < 1.29 is 4.79 Å². The highest BCUT2D eigenvalue weighted by molar-refractivity contribution is 6.67. The van der Waals surface area contributed by atoms with Gasteiger partial charge in [-0.2, -0.15) is 4.80 Å². The molecular formula is C9H7ClN4O. The molecule has 0 spiro atoms. The second kappa shape index (κ2) is 3.78. The van der Waals surface area contributed by atoms with Crippen LogP contribution >= 0.6 is 11.6 Å². The molecule has 0 unspecified atom stereocenters. The standard InChI is InChI=1S/C9H7ClN4O/c1-14-12-9(11-13-14)7-4-2-6(3-5-7)8(10)15/h2-5H,1H3. The van der Waals surface area contributed by atoms with Gasteiger partial charge in [-0.25, -0.2) is 0 Å². The van der Waals surface area contributed by atoms with Gasteiger partial charge < -0.3 is 0 Å². The molecule has 2 rings (SSSR count). The zero-order chi connectivity index (χ0) is 10.8. The Balaban J connectivity index is 2.35. The summed E-state index contributed by atoms with van der Waals surface area (Å²) in [6, 6.07) is 6.71. The number of aromatic nitrogens is 4. The summed E-state index contributed by atoms with van der Waals surface area (Å²) in [5, 5.41) is 11.1. The van der Waals surface area contributed by atoms with Crippen LogP contribution in [-0.2, 0) is 7.05 Å². The number of carbonyl (C=O) groups excluding carboxylic acids is 1. The molecule has 76 valence electrons. The third-order valence-electron chi connectivity index (χ3n) is 1.88. The second-order valence-corrected chi connectivity index (χ2v) is 3.30. The zero-order valence-corrected chi connectivity index (χ0v) is 8.64. The largest absolute Gasteiger partial charge is 0.276 e. The number of rotatable bonds is 2. The van der Waals surface area contributed by atoms with Crippen molar-refractivity contribution in [3.63, 3.8) is 0 Å². The van der Waals surface area contributed by atoms with Crippen molar-refractivity contribution in [1.82, 2.24) is 20.2 Å². The fourth-order valence-electron chi connectivity index (χ4n) is 1.15. The van der Waals surface area contributed by atoms with Crippen LogP contribution in [0, 0.1) is 0 Å². The lowest BCUT2D eigenvalue weighted by Crippen LogP contribution is -1.92. The number of carbonyl (C=O) groups is 1. The van der Waals surface area contributed by atoms with Crippen molar-refractivity contribution in [1.29, 1.82) is 0 Å². The first-order valence-corrected chi connectivity index (χ1v) is 4.59. The molecular weight excluding hydrogens is 216 g/mol. The Morgan fingerprint density at radius 2 is 2.00 bits per heavy atom. The minimum absolute atomic E-state index is 0.448. The van der Waals surface area contributed by atoms with E-state index in [-0.39, 0.29) is 0 Å². The molecule has 0 saturated heterocycles. The van der Waals surface area contributed by atoms with Gasteiger partial charge in [-0.15, -0.1) is 10.2 Å². The Hall–Kier alpha value is -1.75. The monoisotopic (exact) mass is 222 g/mol. The van der Waals surface area contributed by atoms with Crippen molar-refractivity contribution in [2.24, 2.45) is 7.05 Å². The minimum Gasteiger partial charge on any atom is -0.276 e. The molecule has 15 heavy (non-hydrogen) atoms. The van der Waals surface area contributed by atoms with Gasteiger partial charge in [0.25, 0.3) is 5.24 Å². The average Bonchev–Trinajstić information content (AvgIpc) is 2.65. The van der Waals surface area contributed by atoms with Gasteiger partial charge in [-0.1, -0.05) is 12.1 Å². The molecule has 0 fully saturated rings. The molecule has 0 aliphatic rings. The van der Waals surface area contributed by atoms with Crippen molar-refractivity contribution in [2.75, 3.05) is 0 Å². The Labute approximate surface area is 90.7 Å². The van der Waals surface area contributed by atoms with E-state index in [4.69, 9.17) is 11.6 Å². The maximum Gasteiger partial charge on any atom is 0.252 e. The molecule has 0 bridgehead atoms. The van der Waals surface area contributed by atoms with Crippen LogP contribution in [0.4, 0.5) is 0 Å². The van der Waals surface area contributed by atoms with Gasteiger partial charge in [-0.05, 0) is 28.9 Å². The number of tetrazole rings is 1. The average molecular weight is 223 g/mol. The normalized spacial score (nSPS) is 10.3. The van der Waals surface area contributed by atoms with Crippen LogP contribution in [0.1, 0.15) is 10.4 Å². The smallest absolute Gasteiger partial charge is 0.252 e. The lowest BCUT2D eigenvalue weighted by molar-refractivity contribution is 0.108. The van der Waals surface area contributed by atoms with Crippen LogP contribution in [0.25, 0.3) is 11.4 Å². The van der Waals surface area contributed by atoms with E-state index in [9.17, 15) is 4.79 Å². The Morgan fingerprint density at radius 1 is 1.33 bits per heavy atom. The first kappa shape index (κ1) is 9.79. The van der Waals surface area contributed by atoms with E-state index in [1.165, 1.54) is 4.80 Å². The molecule has 0 N–H and O–H groups in total. The maximum atomic E-state index is 10.8. The summed E-state index contributed by atoms with van der Waals surface area (Å²) in [6.45, 7) is 0. The summed E-state index contributed by atoms with van der Waals surface area (Å²) < 4.78 is 0. The highest BCUT2D eigenvalue weighted by Crippen LogP contribution is 2.15. The maximum absolute atomic E-state index is 10.8. The topological polar surface area (TPSA) is 60.7 Å². The van der Waals surface area contributed by atoms with Gasteiger partial charge in [0.05, 0.1) is 7.05 Å². The molecule has 0 atom stereocenters. The van der Waals surface area contributed by atoms with Gasteiger partial charge >= 0.3 is 0 Å². The number of nitrogens with zero attached hydrogens (tertiary/aromatic N) is 4. The van der Waals surface area contributed by atoms with E-state index in [0.29, 0.717) is 11.4 Å². The highest BCUT2D eigenvalue weighted by atomic mass is 35.5. The second-order valence-electron chi connectivity index (χ2n) is 2.95. The Bertz CT molecular complexity index is 491. The molecule has 1 aromatic carbocycles.